The molecule has 2 aromatic rings. The fourth-order valence-electron chi connectivity index (χ4n) is 2.26. The zero-order valence-corrected chi connectivity index (χ0v) is 16.4. The van der Waals surface area contributed by atoms with E-state index in [-0.39, 0.29) is 17.4 Å². The molecular formula is C19H24N2O5S. The number of carbonyl (C=O) groups excluding carboxylic acids is 1. The Kier molecular flexibility index (Phi) is 7.20. The van der Waals surface area contributed by atoms with Crippen LogP contribution in [0, 0.1) is 13.8 Å². The standard InChI is InChI=1S/C19H24N2O5S/c1-14-4-5-15(2)18(12-14)21-27(23,24)17-8-6-16(7-9-17)26-13-19(22)20-10-11-25-3/h4-9,12,21H,10-11,13H2,1-3H3,(H,20,22). The van der Waals surface area contributed by atoms with Gasteiger partial charge in [-0.05, 0) is 55.3 Å². The first-order chi connectivity index (χ1) is 12.8. The Labute approximate surface area is 159 Å². The normalized spacial score (nSPS) is 11.1. The molecule has 0 bridgehead atoms. The summed E-state index contributed by atoms with van der Waals surface area (Å²) in [4.78, 5) is 11.7. The van der Waals surface area contributed by atoms with E-state index >= 15 is 0 Å². The second-order valence-electron chi connectivity index (χ2n) is 6.03. The second-order valence-corrected chi connectivity index (χ2v) is 7.71. The molecule has 8 heteroatoms. The molecule has 2 rings (SSSR count). The van der Waals surface area contributed by atoms with Crippen molar-refractivity contribution in [1.29, 1.82) is 0 Å². The van der Waals surface area contributed by atoms with Gasteiger partial charge in [0.1, 0.15) is 5.75 Å². The average molecular weight is 392 g/mol. The molecule has 0 spiro atoms. The van der Waals surface area contributed by atoms with Crippen LogP contribution in [0.3, 0.4) is 0 Å². The molecule has 0 saturated carbocycles. The quantitative estimate of drug-likeness (QED) is 0.639. The number of carbonyl (C=O) groups is 1. The van der Waals surface area contributed by atoms with E-state index in [4.69, 9.17) is 9.47 Å². The highest BCUT2D eigenvalue weighted by Crippen LogP contribution is 2.22. The zero-order valence-electron chi connectivity index (χ0n) is 15.6. The monoisotopic (exact) mass is 392 g/mol. The van der Waals surface area contributed by atoms with Crippen LogP contribution in [0.2, 0.25) is 0 Å². The molecule has 0 aliphatic heterocycles. The summed E-state index contributed by atoms with van der Waals surface area (Å²) in [5.41, 5.74) is 2.34. The van der Waals surface area contributed by atoms with Gasteiger partial charge >= 0.3 is 0 Å². The highest BCUT2D eigenvalue weighted by molar-refractivity contribution is 7.92. The molecule has 27 heavy (non-hydrogen) atoms. The van der Waals surface area contributed by atoms with E-state index in [2.05, 4.69) is 10.0 Å². The number of rotatable bonds is 9. The molecule has 2 aromatic carbocycles. The lowest BCUT2D eigenvalue weighted by atomic mass is 10.1. The van der Waals surface area contributed by atoms with Crippen LogP contribution < -0.4 is 14.8 Å². The van der Waals surface area contributed by atoms with Crippen molar-refractivity contribution in [3.05, 3.63) is 53.6 Å². The van der Waals surface area contributed by atoms with Gasteiger partial charge < -0.3 is 14.8 Å². The Hall–Kier alpha value is -2.58. The van der Waals surface area contributed by atoms with Crippen LogP contribution in [0.5, 0.6) is 5.75 Å². The molecule has 0 fully saturated rings. The lowest BCUT2D eigenvalue weighted by molar-refractivity contribution is -0.123. The SMILES string of the molecule is COCCNC(=O)COc1ccc(S(=O)(=O)Nc2cc(C)ccc2C)cc1. The Morgan fingerprint density at radius 1 is 1.07 bits per heavy atom. The van der Waals surface area contributed by atoms with Crippen molar-refractivity contribution in [1.82, 2.24) is 5.32 Å². The summed E-state index contributed by atoms with van der Waals surface area (Å²) in [5.74, 6) is 0.128. The van der Waals surface area contributed by atoms with Crippen LogP contribution in [-0.2, 0) is 19.6 Å². The number of benzene rings is 2. The number of sulfonamides is 1. The van der Waals surface area contributed by atoms with Gasteiger partial charge in [-0.15, -0.1) is 0 Å². The largest absolute Gasteiger partial charge is 0.484 e. The van der Waals surface area contributed by atoms with Gasteiger partial charge in [0.05, 0.1) is 17.2 Å². The van der Waals surface area contributed by atoms with Gasteiger partial charge in [0.15, 0.2) is 6.61 Å². The van der Waals surface area contributed by atoms with Crippen LogP contribution in [0.1, 0.15) is 11.1 Å². The van der Waals surface area contributed by atoms with Gasteiger partial charge in [0, 0.05) is 13.7 Å². The third kappa shape index (κ3) is 6.26. The average Bonchev–Trinajstić information content (AvgIpc) is 2.63. The molecule has 0 radical (unpaired) electrons. The van der Waals surface area contributed by atoms with E-state index in [1.54, 1.807) is 13.2 Å². The first-order valence-corrected chi connectivity index (χ1v) is 9.89. The zero-order chi connectivity index (χ0) is 19.9. The molecular weight excluding hydrogens is 368 g/mol. The Bertz CT molecular complexity index is 879. The van der Waals surface area contributed by atoms with Gasteiger partial charge in [-0.3, -0.25) is 9.52 Å². The lowest BCUT2D eigenvalue weighted by Gasteiger charge is -2.12. The van der Waals surface area contributed by atoms with Crippen LogP contribution in [0.15, 0.2) is 47.4 Å². The van der Waals surface area contributed by atoms with Crippen LogP contribution in [-0.4, -0.2) is 41.2 Å². The highest BCUT2D eigenvalue weighted by Gasteiger charge is 2.15. The topological polar surface area (TPSA) is 93.7 Å². The van der Waals surface area contributed by atoms with Crippen LogP contribution >= 0.6 is 0 Å². The van der Waals surface area contributed by atoms with E-state index in [1.807, 2.05) is 26.0 Å². The van der Waals surface area contributed by atoms with Gasteiger partial charge in [-0.2, -0.15) is 0 Å². The third-order valence-electron chi connectivity index (χ3n) is 3.77. The van der Waals surface area contributed by atoms with E-state index in [1.165, 1.54) is 24.3 Å². The minimum atomic E-state index is -3.71. The molecule has 1 amide bonds. The Morgan fingerprint density at radius 2 is 1.78 bits per heavy atom. The molecule has 146 valence electrons. The molecule has 0 aromatic heterocycles. The van der Waals surface area contributed by atoms with Crippen molar-refractivity contribution in [3.63, 3.8) is 0 Å². The van der Waals surface area contributed by atoms with Crippen molar-refractivity contribution in [3.8, 4) is 5.75 Å². The fraction of sp³-hybridized carbons (Fsp3) is 0.316. The van der Waals surface area contributed by atoms with Gasteiger partial charge in [0.2, 0.25) is 0 Å². The molecule has 2 N–H and O–H groups in total. The van der Waals surface area contributed by atoms with E-state index in [0.717, 1.165) is 11.1 Å². The molecule has 0 aliphatic rings. The number of methoxy groups -OCH3 is 1. The Morgan fingerprint density at radius 3 is 2.44 bits per heavy atom. The maximum absolute atomic E-state index is 12.6. The number of hydrogen-bond donors (Lipinski definition) is 2. The lowest BCUT2D eigenvalue weighted by Crippen LogP contribution is -2.31. The molecule has 7 nitrogen and oxygen atoms in total. The molecule has 0 heterocycles. The summed E-state index contributed by atoms with van der Waals surface area (Å²) < 4.78 is 37.9. The number of anilines is 1. The van der Waals surface area contributed by atoms with Crippen molar-refractivity contribution in [2.75, 3.05) is 31.6 Å². The third-order valence-corrected chi connectivity index (χ3v) is 5.15. The van der Waals surface area contributed by atoms with Crippen LogP contribution in [0.4, 0.5) is 5.69 Å². The number of nitrogens with one attached hydrogen (secondary N) is 2. The summed E-state index contributed by atoms with van der Waals surface area (Å²) in [7, 11) is -2.17. The minimum Gasteiger partial charge on any atom is -0.484 e. The molecule has 0 saturated heterocycles. The first kappa shape index (κ1) is 20.7. The highest BCUT2D eigenvalue weighted by atomic mass is 32.2. The van der Waals surface area contributed by atoms with Crippen molar-refractivity contribution >= 4 is 21.6 Å². The fourth-order valence-corrected chi connectivity index (χ4v) is 3.38. The van der Waals surface area contributed by atoms with Crippen molar-refractivity contribution in [2.45, 2.75) is 18.7 Å². The maximum atomic E-state index is 12.6. The summed E-state index contributed by atoms with van der Waals surface area (Å²) in [6, 6.07) is 11.5. The minimum absolute atomic E-state index is 0.111. The van der Waals surface area contributed by atoms with Gasteiger partial charge in [-0.25, -0.2) is 8.42 Å². The molecule has 0 atom stereocenters. The van der Waals surface area contributed by atoms with E-state index < -0.39 is 10.0 Å². The van der Waals surface area contributed by atoms with Crippen LogP contribution in [0.25, 0.3) is 0 Å². The predicted octanol–water partition coefficient (Wildman–Crippen LogP) is 2.25. The van der Waals surface area contributed by atoms with E-state index in [0.29, 0.717) is 24.6 Å². The van der Waals surface area contributed by atoms with Gasteiger partial charge in [0.25, 0.3) is 15.9 Å². The molecule has 0 unspecified atom stereocenters. The Balaban J connectivity index is 1.99. The number of ether oxygens (including phenoxy) is 2. The molecule has 0 aliphatic carbocycles. The maximum Gasteiger partial charge on any atom is 0.261 e. The van der Waals surface area contributed by atoms with Crippen molar-refractivity contribution in [2.24, 2.45) is 0 Å². The smallest absolute Gasteiger partial charge is 0.261 e. The van der Waals surface area contributed by atoms with E-state index in [9.17, 15) is 13.2 Å². The van der Waals surface area contributed by atoms with Crippen molar-refractivity contribution < 1.29 is 22.7 Å². The summed E-state index contributed by atoms with van der Waals surface area (Å²) in [5, 5.41) is 2.63. The number of amides is 1. The second kappa shape index (κ2) is 9.38. The first-order valence-electron chi connectivity index (χ1n) is 8.40. The van der Waals surface area contributed by atoms with Gasteiger partial charge in [-0.1, -0.05) is 12.1 Å². The number of hydrogen-bond acceptors (Lipinski definition) is 5. The summed E-state index contributed by atoms with van der Waals surface area (Å²) in [6.45, 7) is 4.41. The predicted molar refractivity (Wildman–Crippen MR) is 104 cm³/mol. The summed E-state index contributed by atoms with van der Waals surface area (Å²) in [6.07, 6.45) is 0. The summed E-state index contributed by atoms with van der Waals surface area (Å²) >= 11 is 0. The number of aryl methyl sites for hydroxylation is 2.